The fourth-order valence-electron chi connectivity index (χ4n) is 10.5. The predicted octanol–water partition coefficient (Wildman–Crippen LogP) is 24.2. The smallest absolute Gasteiger partial charge is 0.462 e. The third kappa shape index (κ3) is 77.1. The Morgan fingerprint density at radius 3 is 0.811 bits per heavy atom. The number of carbonyl (C=O) groups excluding carboxylic acids is 4. The van der Waals surface area contributed by atoms with Gasteiger partial charge in [0.15, 0.2) is 12.2 Å². The summed E-state index contributed by atoms with van der Waals surface area (Å²) >= 11 is 0. The predicted molar refractivity (Wildman–Crippen MR) is 436 cm³/mol. The van der Waals surface area contributed by atoms with Crippen LogP contribution in [0.5, 0.6) is 0 Å². The summed E-state index contributed by atoms with van der Waals surface area (Å²) < 4.78 is 68.6. The average Bonchev–Trinajstić information content (AvgIpc) is 0.901. The lowest BCUT2D eigenvalue weighted by molar-refractivity contribution is -0.161. The van der Waals surface area contributed by atoms with Crippen molar-refractivity contribution in [3.8, 4) is 0 Å². The van der Waals surface area contributed by atoms with Crippen LogP contribution in [0.15, 0.2) is 146 Å². The minimum Gasteiger partial charge on any atom is -0.462 e. The summed E-state index contributed by atoms with van der Waals surface area (Å²) in [6, 6.07) is 0. The van der Waals surface area contributed by atoms with Crippen molar-refractivity contribution in [1.82, 2.24) is 0 Å². The van der Waals surface area contributed by atoms with Gasteiger partial charge in [0.2, 0.25) is 0 Å². The molecule has 0 aliphatic heterocycles. The minimum atomic E-state index is -5.00. The summed E-state index contributed by atoms with van der Waals surface area (Å²) in [5.41, 5.74) is 0. The Morgan fingerprint density at radius 1 is 0.274 bits per heavy atom. The van der Waals surface area contributed by atoms with Crippen LogP contribution < -0.4 is 0 Å². The lowest BCUT2D eigenvalue weighted by atomic mass is 10.1. The molecule has 3 N–H and O–H groups in total. The maximum absolute atomic E-state index is 13.1. The Hall–Kier alpha value is -5.06. The lowest BCUT2D eigenvalue weighted by Crippen LogP contribution is -2.30. The summed E-state index contributed by atoms with van der Waals surface area (Å²) in [6.07, 6.45) is 89.6. The molecule has 0 radical (unpaired) electrons. The third-order valence-electron chi connectivity index (χ3n) is 16.7. The topological polar surface area (TPSA) is 237 Å². The fourth-order valence-corrected chi connectivity index (χ4v) is 12.1. The SMILES string of the molecule is CC/C=C\C/C=C\C/C=C\C/C=C\CCCCC(=O)OCC(COP(=O)(O)OCC(O)COP(=O)(O)OCC(COC(=O)CCCCCCCC/C=C\C/C=C\C/C=C\CCCCC)OC(=O)CCCCCCCC/C=C\C/C=C\C/C=C\CCCCC)OC(=O)CCCCCCC/C=C\C/C=C\CCC. The first-order chi connectivity index (χ1) is 51.7. The highest BCUT2D eigenvalue weighted by Gasteiger charge is 2.30. The zero-order valence-electron chi connectivity index (χ0n) is 66.3. The second-order valence-electron chi connectivity index (χ2n) is 27.0. The van der Waals surface area contributed by atoms with Gasteiger partial charge in [0.25, 0.3) is 0 Å². The van der Waals surface area contributed by atoms with E-state index in [2.05, 4.69) is 174 Å². The van der Waals surface area contributed by atoms with Crippen molar-refractivity contribution >= 4 is 39.5 Å². The Kier molecular flexibility index (Phi) is 74.3. The van der Waals surface area contributed by atoms with Gasteiger partial charge in [-0.2, -0.15) is 0 Å². The molecule has 0 bridgehead atoms. The van der Waals surface area contributed by atoms with E-state index >= 15 is 0 Å². The van der Waals surface area contributed by atoms with E-state index in [9.17, 15) is 43.2 Å². The van der Waals surface area contributed by atoms with Crippen molar-refractivity contribution in [2.75, 3.05) is 39.6 Å². The van der Waals surface area contributed by atoms with E-state index in [4.69, 9.17) is 37.0 Å². The summed E-state index contributed by atoms with van der Waals surface area (Å²) in [6.45, 7) is 4.56. The van der Waals surface area contributed by atoms with Gasteiger partial charge in [0.1, 0.15) is 19.3 Å². The summed E-state index contributed by atoms with van der Waals surface area (Å²) in [7, 11) is -9.99. The van der Waals surface area contributed by atoms with Crippen LogP contribution in [0.25, 0.3) is 0 Å². The quantitative estimate of drug-likeness (QED) is 0.0169. The Balaban J connectivity index is 5.43. The molecule has 0 amide bonds. The number of unbranched alkanes of at least 4 members (excludes halogenated alkanes) is 26. The molecule has 106 heavy (non-hydrogen) atoms. The molecular formula is C87H146O17P2. The van der Waals surface area contributed by atoms with Crippen LogP contribution in [-0.4, -0.2) is 96.7 Å². The molecule has 606 valence electrons. The molecule has 5 atom stereocenters. The molecular weight excluding hydrogens is 1380 g/mol. The van der Waals surface area contributed by atoms with Gasteiger partial charge in [-0.25, -0.2) is 9.13 Å². The van der Waals surface area contributed by atoms with Crippen LogP contribution in [0.2, 0.25) is 0 Å². The molecule has 0 aliphatic carbocycles. The highest BCUT2D eigenvalue weighted by molar-refractivity contribution is 7.47. The number of aliphatic hydroxyl groups excluding tert-OH is 1. The van der Waals surface area contributed by atoms with E-state index < -0.39 is 97.5 Å². The van der Waals surface area contributed by atoms with Crippen molar-refractivity contribution in [3.63, 3.8) is 0 Å². The molecule has 0 saturated carbocycles. The second-order valence-corrected chi connectivity index (χ2v) is 29.9. The van der Waals surface area contributed by atoms with E-state index in [0.29, 0.717) is 25.7 Å². The van der Waals surface area contributed by atoms with Crippen molar-refractivity contribution in [1.29, 1.82) is 0 Å². The van der Waals surface area contributed by atoms with Crippen molar-refractivity contribution < 1.29 is 80.2 Å². The average molecular weight is 1530 g/mol. The van der Waals surface area contributed by atoms with Crippen LogP contribution in [0.1, 0.15) is 323 Å². The number of hydrogen-bond acceptors (Lipinski definition) is 15. The number of rotatable bonds is 76. The minimum absolute atomic E-state index is 0.0653. The maximum Gasteiger partial charge on any atom is 0.472 e. The lowest BCUT2D eigenvalue weighted by Gasteiger charge is -2.21. The third-order valence-corrected chi connectivity index (χ3v) is 18.6. The number of hydrogen-bond donors (Lipinski definition) is 3. The van der Waals surface area contributed by atoms with Crippen LogP contribution in [0, 0.1) is 0 Å². The molecule has 0 heterocycles. The molecule has 0 rings (SSSR count). The van der Waals surface area contributed by atoms with Crippen molar-refractivity contribution in [3.05, 3.63) is 146 Å². The molecule has 0 aliphatic rings. The number of carbonyl (C=O) groups is 4. The standard InChI is InChI=1S/C87H146O17P2/c1-5-9-13-17-21-25-29-33-36-38-40-42-45-49-52-56-60-64-68-72-85(90)98-78-83(104-87(92)74-70-66-62-58-54-50-46-43-41-39-37-34-30-26-22-18-14-10-6-2)80-102-106(95,96)100-76-81(88)75-99-105(93,94)101-79-82(103-86(91)73-69-65-61-57-53-47-32-28-24-20-16-12-8-4)77-97-84(89)71-67-63-59-55-51-48-44-35-31-27-23-19-15-11-7-3/h11,15-16,20-23,25-28,32-37,40-44,51,55,81-83,88H,5-10,12-14,17-19,24,29-31,38-39,45-50,52-54,56-80H2,1-4H3,(H,93,94)(H,95,96)/b15-11-,20-16-,25-21-,26-22-,27-23-,32-28-,36-33-,37-34-,42-40-,43-41-,44-35-,55-51-. The Bertz CT molecular complexity index is 2580. The van der Waals surface area contributed by atoms with Crippen LogP contribution in [0.4, 0.5) is 0 Å². The van der Waals surface area contributed by atoms with Gasteiger partial charge in [-0.1, -0.05) is 276 Å². The van der Waals surface area contributed by atoms with Gasteiger partial charge in [0.05, 0.1) is 26.4 Å². The molecule has 0 saturated heterocycles. The highest BCUT2D eigenvalue weighted by atomic mass is 31.2. The highest BCUT2D eigenvalue weighted by Crippen LogP contribution is 2.45. The van der Waals surface area contributed by atoms with Crippen LogP contribution in [-0.2, 0) is 65.4 Å². The van der Waals surface area contributed by atoms with Gasteiger partial charge in [0, 0.05) is 25.7 Å². The van der Waals surface area contributed by atoms with Gasteiger partial charge in [-0.3, -0.25) is 37.3 Å². The molecule has 0 spiro atoms. The van der Waals surface area contributed by atoms with E-state index in [-0.39, 0.29) is 25.7 Å². The first-order valence-electron chi connectivity index (χ1n) is 41.1. The van der Waals surface area contributed by atoms with Gasteiger partial charge < -0.3 is 33.8 Å². The fraction of sp³-hybridized carbons (Fsp3) is 0.678. The Labute approximate surface area is 643 Å². The summed E-state index contributed by atoms with van der Waals surface area (Å²) in [5.74, 6) is -2.27. The second kappa shape index (κ2) is 78.1. The normalized spacial score (nSPS) is 14.6. The van der Waals surface area contributed by atoms with Gasteiger partial charge in [-0.05, 0) is 167 Å². The number of ether oxygens (including phenoxy) is 4. The number of allylic oxidation sites excluding steroid dienone is 24. The van der Waals surface area contributed by atoms with Crippen LogP contribution >= 0.6 is 15.6 Å². The van der Waals surface area contributed by atoms with E-state index in [1.807, 2.05) is 0 Å². The largest absolute Gasteiger partial charge is 0.472 e. The van der Waals surface area contributed by atoms with Gasteiger partial charge in [-0.15, -0.1) is 0 Å². The van der Waals surface area contributed by atoms with E-state index in [0.717, 1.165) is 205 Å². The molecule has 0 fully saturated rings. The summed E-state index contributed by atoms with van der Waals surface area (Å²) in [5, 5.41) is 10.7. The first kappa shape index (κ1) is 101. The molecule has 17 nitrogen and oxygen atoms in total. The number of phosphoric acid groups is 2. The number of aliphatic hydroxyl groups is 1. The zero-order valence-corrected chi connectivity index (χ0v) is 68.1. The molecule has 0 aromatic heterocycles. The molecule has 5 unspecified atom stereocenters. The molecule has 0 aromatic rings. The van der Waals surface area contributed by atoms with Crippen LogP contribution in [0.3, 0.4) is 0 Å². The number of phosphoric ester groups is 2. The molecule has 19 heteroatoms. The maximum atomic E-state index is 13.1. The monoisotopic (exact) mass is 1530 g/mol. The first-order valence-corrected chi connectivity index (χ1v) is 44.1. The number of esters is 4. The Morgan fingerprint density at radius 2 is 0.509 bits per heavy atom. The zero-order chi connectivity index (χ0) is 77.4. The summed E-state index contributed by atoms with van der Waals surface area (Å²) in [4.78, 5) is 73.1. The van der Waals surface area contributed by atoms with E-state index in [1.165, 1.54) is 38.5 Å². The van der Waals surface area contributed by atoms with E-state index in [1.54, 1.807) is 0 Å². The van der Waals surface area contributed by atoms with Crippen molar-refractivity contribution in [2.45, 2.75) is 341 Å². The molecule has 0 aromatic carbocycles. The van der Waals surface area contributed by atoms with Gasteiger partial charge >= 0.3 is 39.5 Å². The van der Waals surface area contributed by atoms with Crippen molar-refractivity contribution in [2.24, 2.45) is 0 Å².